The molecule has 3 atom stereocenters. The van der Waals surface area contributed by atoms with E-state index in [0.29, 0.717) is 12.0 Å². The summed E-state index contributed by atoms with van der Waals surface area (Å²) in [5, 5.41) is 12.2. The highest BCUT2D eigenvalue weighted by atomic mass is 16.3. The summed E-state index contributed by atoms with van der Waals surface area (Å²) in [6.45, 7) is 5.80. The van der Waals surface area contributed by atoms with Crippen LogP contribution in [0.25, 0.3) is 0 Å². The minimum Gasteiger partial charge on any atom is -0.395 e. The fraction of sp³-hybridized carbons (Fsp3) is 1.00. The lowest BCUT2D eigenvalue weighted by Crippen LogP contribution is -2.45. The van der Waals surface area contributed by atoms with Crippen LogP contribution in [0.3, 0.4) is 0 Å². The summed E-state index contributed by atoms with van der Waals surface area (Å²) in [6, 6.07) is 0.344. The first-order chi connectivity index (χ1) is 4.74. The molecule has 0 saturated carbocycles. The predicted molar refractivity (Wildman–Crippen MR) is 41.8 cm³/mol. The summed E-state index contributed by atoms with van der Waals surface area (Å²) >= 11 is 0. The maximum absolute atomic E-state index is 8.89. The van der Waals surface area contributed by atoms with Gasteiger partial charge in [0.05, 0.1) is 6.61 Å². The molecule has 1 aliphatic rings. The fourth-order valence-electron chi connectivity index (χ4n) is 1.68. The number of hydrogen-bond donors (Lipinski definition) is 2. The van der Waals surface area contributed by atoms with Crippen molar-refractivity contribution in [3.63, 3.8) is 0 Å². The van der Waals surface area contributed by atoms with Gasteiger partial charge in [0, 0.05) is 6.04 Å². The Bertz CT molecular complexity index is 105. The van der Waals surface area contributed by atoms with Gasteiger partial charge in [0.2, 0.25) is 0 Å². The van der Waals surface area contributed by atoms with Crippen LogP contribution >= 0.6 is 0 Å². The van der Waals surface area contributed by atoms with Crippen LogP contribution in [0.15, 0.2) is 0 Å². The SMILES string of the molecule is CC1CNC(CO)C(C)C1. The van der Waals surface area contributed by atoms with Gasteiger partial charge in [-0.1, -0.05) is 13.8 Å². The molecule has 0 aromatic heterocycles. The molecular weight excluding hydrogens is 126 g/mol. The minimum absolute atomic E-state index is 0.286. The maximum Gasteiger partial charge on any atom is 0.0587 e. The third-order valence-electron chi connectivity index (χ3n) is 2.39. The first-order valence-corrected chi connectivity index (χ1v) is 4.08. The average Bonchev–Trinajstić information content (AvgIpc) is 1.88. The van der Waals surface area contributed by atoms with E-state index >= 15 is 0 Å². The molecule has 2 heteroatoms. The van der Waals surface area contributed by atoms with E-state index in [2.05, 4.69) is 19.2 Å². The molecule has 1 rings (SSSR count). The fourth-order valence-corrected chi connectivity index (χ4v) is 1.68. The number of aliphatic hydroxyl groups excluding tert-OH is 1. The molecule has 2 N–H and O–H groups in total. The topological polar surface area (TPSA) is 32.3 Å². The lowest BCUT2D eigenvalue weighted by Gasteiger charge is -2.32. The van der Waals surface area contributed by atoms with Crippen molar-refractivity contribution in [2.45, 2.75) is 26.3 Å². The molecule has 0 spiro atoms. The molecule has 1 fully saturated rings. The zero-order chi connectivity index (χ0) is 7.56. The third kappa shape index (κ3) is 1.70. The molecule has 1 aliphatic heterocycles. The minimum atomic E-state index is 0.286. The molecular formula is C8H17NO. The number of piperidine rings is 1. The van der Waals surface area contributed by atoms with Gasteiger partial charge in [-0.05, 0) is 24.8 Å². The Morgan fingerprint density at radius 1 is 1.50 bits per heavy atom. The van der Waals surface area contributed by atoms with Gasteiger partial charge in [-0.3, -0.25) is 0 Å². The Hall–Kier alpha value is -0.0800. The highest BCUT2D eigenvalue weighted by Crippen LogP contribution is 2.19. The van der Waals surface area contributed by atoms with Gasteiger partial charge < -0.3 is 10.4 Å². The molecule has 1 heterocycles. The maximum atomic E-state index is 8.89. The monoisotopic (exact) mass is 143 g/mol. The number of rotatable bonds is 1. The zero-order valence-electron chi connectivity index (χ0n) is 6.80. The Balaban J connectivity index is 2.36. The van der Waals surface area contributed by atoms with Crippen molar-refractivity contribution in [2.75, 3.05) is 13.2 Å². The molecule has 2 nitrogen and oxygen atoms in total. The highest BCUT2D eigenvalue weighted by molar-refractivity contribution is 4.80. The second-order valence-corrected chi connectivity index (χ2v) is 3.52. The van der Waals surface area contributed by atoms with Gasteiger partial charge in [0.1, 0.15) is 0 Å². The van der Waals surface area contributed by atoms with Crippen molar-refractivity contribution >= 4 is 0 Å². The quantitative estimate of drug-likeness (QED) is 0.564. The predicted octanol–water partition coefficient (Wildman–Crippen LogP) is 0.613. The van der Waals surface area contributed by atoms with Crippen molar-refractivity contribution in [1.82, 2.24) is 5.32 Å². The molecule has 60 valence electrons. The summed E-state index contributed by atoms with van der Waals surface area (Å²) in [4.78, 5) is 0. The van der Waals surface area contributed by atoms with Crippen molar-refractivity contribution in [2.24, 2.45) is 11.8 Å². The Labute approximate surface area is 62.6 Å². The lowest BCUT2D eigenvalue weighted by molar-refractivity contribution is 0.157. The molecule has 0 aromatic rings. The van der Waals surface area contributed by atoms with E-state index in [4.69, 9.17) is 5.11 Å². The van der Waals surface area contributed by atoms with Gasteiger partial charge in [0.25, 0.3) is 0 Å². The third-order valence-corrected chi connectivity index (χ3v) is 2.39. The van der Waals surface area contributed by atoms with Crippen LogP contribution in [0.4, 0.5) is 0 Å². The smallest absolute Gasteiger partial charge is 0.0587 e. The lowest BCUT2D eigenvalue weighted by atomic mass is 9.87. The number of nitrogens with one attached hydrogen (secondary N) is 1. The van der Waals surface area contributed by atoms with Crippen molar-refractivity contribution < 1.29 is 5.11 Å². The Kier molecular flexibility index (Phi) is 2.69. The van der Waals surface area contributed by atoms with Crippen LogP contribution < -0.4 is 5.32 Å². The molecule has 0 radical (unpaired) electrons. The normalized spacial score (nSPS) is 41.7. The standard InChI is InChI=1S/C8H17NO/c1-6-3-7(2)8(5-10)9-4-6/h6-10H,3-5H2,1-2H3. The van der Waals surface area contributed by atoms with E-state index in [9.17, 15) is 0 Å². The van der Waals surface area contributed by atoms with E-state index in [1.807, 2.05) is 0 Å². The summed E-state index contributed by atoms with van der Waals surface area (Å²) in [7, 11) is 0. The van der Waals surface area contributed by atoms with E-state index in [-0.39, 0.29) is 6.61 Å². The van der Waals surface area contributed by atoms with Gasteiger partial charge in [-0.25, -0.2) is 0 Å². The largest absolute Gasteiger partial charge is 0.395 e. The Morgan fingerprint density at radius 2 is 2.20 bits per heavy atom. The first kappa shape index (κ1) is 8.02. The second-order valence-electron chi connectivity index (χ2n) is 3.52. The number of hydrogen-bond acceptors (Lipinski definition) is 2. The van der Waals surface area contributed by atoms with Crippen LogP contribution in [0, 0.1) is 11.8 Å². The average molecular weight is 143 g/mol. The molecule has 3 unspecified atom stereocenters. The van der Waals surface area contributed by atoms with Crippen LogP contribution in [-0.4, -0.2) is 24.3 Å². The van der Waals surface area contributed by atoms with Crippen LogP contribution in [0.1, 0.15) is 20.3 Å². The summed E-state index contributed by atoms with van der Waals surface area (Å²) in [6.07, 6.45) is 1.25. The van der Waals surface area contributed by atoms with E-state index < -0.39 is 0 Å². The highest BCUT2D eigenvalue weighted by Gasteiger charge is 2.23. The van der Waals surface area contributed by atoms with E-state index in [1.54, 1.807) is 0 Å². The summed E-state index contributed by atoms with van der Waals surface area (Å²) < 4.78 is 0. The molecule has 0 bridgehead atoms. The van der Waals surface area contributed by atoms with Crippen molar-refractivity contribution in [1.29, 1.82) is 0 Å². The number of aliphatic hydroxyl groups is 1. The van der Waals surface area contributed by atoms with E-state index in [0.717, 1.165) is 12.5 Å². The first-order valence-electron chi connectivity index (χ1n) is 4.08. The van der Waals surface area contributed by atoms with Crippen LogP contribution in [-0.2, 0) is 0 Å². The molecule has 0 aromatic carbocycles. The molecule has 1 saturated heterocycles. The Morgan fingerprint density at radius 3 is 2.70 bits per heavy atom. The molecule has 0 aliphatic carbocycles. The van der Waals surface area contributed by atoms with E-state index in [1.165, 1.54) is 6.42 Å². The van der Waals surface area contributed by atoms with Crippen LogP contribution in [0.5, 0.6) is 0 Å². The van der Waals surface area contributed by atoms with Crippen LogP contribution in [0.2, 0.25) is 0 Å². The zero-order valence-corrected chi connectivity index (χ0v) is 6.80. The van der Waals surface area contributed by atoms with Gasteiger partial charge in [-0.2, -0.15) is 0 Å². The molecule has 0 amide bonds. The van der Waals surface area contributed by atoms with Gasteiger partial charge >= 0.3 is 0 Å². The summed E-state index contributed by atoms with van der Waals surface area (Å²) in [5.41, 5.74) is 0. The van der Waals surface area contributed by atoms with Crippen molar-refractivity contribution in [3.05, 3.63) is 0 Å². The van der Waals surface area contributed by atoms with Crippen molar-refractivity contribution in [3.8, 4) is 0 Å². The second kappa shape index (κ2) is 3.35. The van der Waals surface area contributed by atoms with Gasteiger partial charge in [0.15, 0.2) is 0 Å². The summed E-state index contributed by atoms with van der Waals surface area (Å²) in [5.74, 6) is 1.41. The van der Waals surface area contributed by atoms with Gasteiger partial charge in [-0.15, -0.1) is 0 Å². The molecule has 10 heavy (non-hydrogen) atoms.